The van der Waals surface area contributed by atoms with Crippen LogP contribution in [-0.4, -0.2) is 18.7 Å². The number of esters is 2. The molecule has 0 rings (SSSR count). The molecule has 0 aliphatic heterocycles. The Labute approximate surface area is 98.3 Å². The van der Waals surface area contributed by atoms with Gasteiger partial charge in [-0.2, -0.15) is 10.5 Å². The molecule has 0 saturated heterocycles. The Morgan fingerprint density at radius 3 is 1.59 bits per heavy atom. The molecule has 0 aromatic rings. The number of allylic oxidation sites excluding steroid dienone is 2. The lowest BCUT2D eigenvalue weighted by Gasteiger charge is -2.04. The van der Waals surface area contributed by atoms with Crippen LogP contribution in [0.4, 0.5) is 0 Å². The van der Waals surface area contributed by atoms with Gasteiger partial charge < -0.3 is 9.47 Å². The SMILES string of the molecule is C/C=C(\C#N)C(=O)OCOC(=O)/C(C#N)=C/C. The molecule has 0 aliphatic rings. The highest BCUT2D eigenvalue weighted by molar-refractivity contribution is 5.93. The predicted octanol–water partition coefficient (Wildman–Crippen LogP) is 0.970. The lowest BCUT2D eigenvalue weighted by molar-refractivity contribution is -0.161. The molecule has 0 heterocycles. The van der Waals surface area contributed by atoms with E-state index in [0.717, 1.165) is 0 Å². The van der Waals surface area contributed by atoms with Crippen molar-refractivity contribution in [3.05, 3.63) is 23.3 Å². The molecule has 0 unspecified atom stereocenters. The lowest BCUT2D eigenvalue weighted by Crippen LogP contribution is -2.14. The van der Waals surface area contributed by atoms with Gasteiger partial charge in [0.25, 0.3) is 0 Å². The largest absolute Gasteiger partial charge is 0.424 e. The quantitative estimate of drug-likeness (QED) is 0.311. The third kappa shape index (κ3) is 4.63. The third-order valence-electron chi connectivity index (χ3n) is 1.64. The van der Waals surface area contributed by atoms with E-state index in [0.29, 0.717) is 0 Å². The summed E-state index contributed by atoms with van der Waals surface area (Å²) in [7, 11) is 0. The van der Waals surface area contributed by atoms with Gasteiger partial charge in [0.1, 0.15) is 23.3 Å². The van der Waals surface area contributed by atoms with Crippen molar-refractivity contribution in [2.75, 3.05) is 6.79 Å². The fourth-order valence-electron chi connectivity index (χ4n) is 0.748. The van der Waals surface area contributed by atoms with Gasteiger partial charge >= 0.3 is 11.9 Å². The van der Waals surface area contributed by atoms with Gasteiger partial charge in [-0.15, -0.1) is 0 Å². The zero-order chi connectivity index (χ0) is 13.3. The second kappa shape index (κ2) is 7.66. The number of carbonyl (C=O) groups is 2. The van der Waals surface area contributed by atoms with E-state index in [1.54, 1.807) is 12.1 Å². The van der Waals surface area contributed by atoms with Crippen molar-refractivity contribution < 1.29 is 19.1 Å². The average Bonchev–Trinajstić information content (AvgIpc) is 2.32. The van der Waals surface area contributed by atoms with Crippen LogP contribution in [0.25, 0.3) is 0 Å². The van der Waals surface area contributed by atoms with Gasteiger partial charge in [0.15, 0.2) is 0 Å². The van der Waals surface area contributed by atoms with Gasteiger partial charge in [0.05, 0.1) is 0 Å². The zero-order valence-corrected chi connectivity index (χ0v) is 9.39. The molecular weight excluding hydrogens is 224 g/mol. The minimum absolute atomic E-state index is 0.187. The molecule has 0 saturated carbocycles. The predicted molar refractivity (Wildman–Crippen MR) is 55.8 cm³/mol. The normalized spacial score (nSPS) is 11.1. The maximum atomic E-state index is 11.1. The van der Waals surface area contributed by atoms with Gasteiger partial charge in [0, 0.05) is 0 Å². The highest BCUT2D eigenvalue weighted by Gasteiger charge is 2.12. The zero-order valence-electron chi connectivity index (χ0n) is 9.39. The molecule has 0 aliphatic carbocycles. The van der Waals surface area contributed by atoms with Crippen molar-refractivity contribution >= 4 is 11.9 Å². The van der Waals surface area contributed by atoms with Crippen LogP contribution in [0.5, 0.6) is 0 Å². The van der Waals surface area contributed by atoms with Crippen molar-refractivity contribution in [1.82, 2.24) is 0 Å². The molecule has 0 bridgehead atoms. The van der Waals surface area contributed by atoms with Crippen LogP contribution in [0, 0.1) is 22.7 Å². The first kappa shape index (κ1) is 14.4. The Morgan fingerprint density at radius 1 is 1.00 bits per heavy atom. The van der Waals surface area contributed by atoms with Crippen molar-refractivity contribution in [1.29, 1.82) is 10.5 Å². The molecule has 0 atom stereocenters. The van der Waals surface area contributed by atoms with Crippen molar-refractivity contribution in [3.8, 4) is 12.1 Å². The topological polar surface area (TPSA) is 100 Å². The first-order valence-corrected chi connectivity index (χ1v) is 4.57. The van der Waals surface area contributed by atoms with E-state index in [2.05, 4.69) is 9.47 Å². The van der Waals surface area contributed by atoms with Crippen LogP contribution in [0.2, 0.25) is 0 Å². The van der Waals surface area contributed by atoms with Gasteiger partial charge in [-0.05, 0) is 13.8 Å². The maximum Gasteiger partial charge on any atom is 0.351 e. The summed E-state index contributed by atoms with van der Waals surface area (Å²) in [6.07, 6.45) is 2.55. The first-order valence-electron chi connectivity index (χ1n) is 4.57. The summed E-state index contributed by atoms with van der Waals surface area (Å²) in [5, 5.41) is 17.0. The molecule has 0 spiro atoms. The van der Waals surface area contributed by atoms with E-state index in [-0.39, 0.29) is 11.1 Å². The summed E-state index contributed by atoms with van der Waals surface area (Å²) in [5.41, 5.74) is -0.375. The van der Waals surface area contributed by atoms with Crippen molar-refractivity contribution in [3.63, 3.8) is 0 Å². The van der Waals surface area contributed by atoms with E-state index in [1.165, 1.54) is 26.0 Å². The summed E-state index contributed by atoms with van der Waals surface area (Å²) in [6.45, 7) is 2.36. The average molecular weight is 234 g/mol. The molecule has 0 amide bonds. The standard InChI is InChI=1S/C11H10N2O4/c1-3-8(5-12)10(14)16-7-17-11(15)9(4-2)6-13/h3-4H,7H2,1-2H3/b8-3+,9-4+. The second-order valence-electron chi connectivity index (χ2n) is 2.61. The van der Waals surface area contributed by atoms with Gasteiger partial charge in [0.2, 0.25) is 6.79 Å². The number of hydrogen-bond acceptors (Lipinski definition) is 6. The van der Waals surface area contributed by atoms with E-state index in [9.17, 15) is 9.59 Å². The highest BCUT2D eigenvalue weighted by atomic mass is 16.7. The van der Waals surface area contributed by atoms with Crippen LogP contribution in [0.3, 0.4) is 0 Å². The fraction of sp³-hybridized carbons (Fsp3) is 0.273. The molecule has 6 heteroatoms. The summed E-state index contributed by atoms with van der Waals surface area (Å²) < 4.78 is 8.97. The number of nitriles is 2. The van der Waals surface area contributed by atoms with Gasteiger partial charge in [-0.3, -0.25) is 0 Å². The Bertz CT molecular complexity index is 407. The Balaban J connectivity index is 4.20. The van der Waals surface area contributed by atoms with E-state index < -0.39 is 18.7 Å². The van der Waals surface area contributed by atoms with E-state index in [4.69, 9.17) is 10.5 Å². The number of nitrogens with zero attached hydrogens (tertiary/aromatic N) is 2. The van der Waals surface area contributed by atoms with Crippen LogP contribution in [-0.2, 0) is 19.1 Å². The molecule has 17 heavy (non-hydrogen) atoms. The van der Waals surface area contributed by atoms with Crippen molar-refractivity contribution in [2.24, 2.45) is 0 Å². The Morgan fingerprint density at radius 2 is 1.35 bits per heavy atom. The number of carbonyl (C=O) groups excluding carboxylic acids is 2. The fourth-order valence-corrected chi connectivity index (χ4v) is 0.748. The molecule has 88 valence electrons. The molecular formula is C11H10N2O4. The number of rotatable bonds is 4. The first-order chi connectivity index (χ1) is 8.10. The Hall–Kier alpha value is -2.60. The molecule has 6 nitrogen and oxygen atoms in total. The molecule has 0 fully saturated rings. The maximum absolute atomic E-state index is 11.1. The summed E-state index contributed by atoms with van der Waals surface area (Å²) in [6, 6.07) is 3.23. The number of ether oxygens (including phenoxy) is 2. The minimum atomic E-state index is -0.887. The van der Waals surface area contributed by atoms with Gasteiger partial charge in [-0.25, -0.2) is 9.59 Å². The number of hydrogen-bond donors (Lipinski definition) is 0. The van der Waals surface area contributed by atoms with Crippen molar-refractivity contribution in [2.45, 2.75) is 13.8 Å². The van der Waals surface area contributed by atoms with Crippen LogP contribution in [0.15, 0.2) is 23.3 Å². The summed E-state index contributed by atoms with van der Waals surface area (Å²) >= 11 is 0. The van der Waals surface area contributed by atoms with Crippen LogP contribution >= 0.6 is 0 Å². The van der Waals surface area contributed by atoms with Gasteiger partial charge in [-0.1, -0.05) is 12.2 Å². The van der Waals surface area contributed by atoms with Crippen LogP contribution < -0.4 is 0 Å². The smallest absolute Gasteiger partial charge is 0.351 e. The van der Waals surface area contributed by atoms with E-state index in [1.807, 2.05) is 0 Å². The Kier molecular flexibility index (Phi) is 6.49. The molecule has 0 aromatic carbocycles. The van der Waals surface area contributed by atoms with E-state index >= 15 is 0 Å². The van der Waals surface area contributed by atoms with Crippen LogP contribution in [0.1, 0.15) is 13.8 Å². The lowest BCUT2D eigenvalue weighted by atomic mass is 10.3. The summed E-state index contributed by atoms with van der Waals surface area (Å²) in [5.74, 6) is -1.77. The second-order valence-corrected chi connectivity index (χ2v) is 2.61. The highest BCUT2D eigenvalue weighted by Crippen LogP contribution is 1.99. The molecule has 0 aromatic heterocycles. The molecule has 0 radical (unpaired) electrons. The minimum Gasteiger partial charge on any atom is -0.424 e. The third-order valence-corrected chi connectivity index (χ3v) is 1.64. The summed E-state index contributed by atoms with van der Waals surface area (Å²) in [4.78, 5) is 22.2. The monoisotopic (exact) mass is 234 g/mol. The molecule has 0 N–H and O–H groups in total.